The molecule has 58 heavy (non-hydrogen) atoms. The number of hydrogen-bond donors (Lipinski definition) is 0. The number of unbranched alkanes of at least 4 members (excludes halogenated alkanes) is 22. The summed E-state index contributed by atoms with van der Waals surface area (Å²) in [6.07, 6.45) is 57.5. The fourth-order valence-corrected chi connectivity index (χ4v) is 6.38. The second kappa shape index (κ2) is 46.5. The highest BCUT2D eigenvalue weighted by atomic mass is 16.6. The van der Waals surface area contributed by atoms with Crippen molar-refractivity contribution in [3.8, 4) is 0 Å². The van der Waals surface area contributed by atoms with Gasteiger partial charge in [-0.3, -0.25) is 14.4 Å². The Morgan fingerprint density at radius 2 is 0.707 bits per heavy atom. The maximum atomic E-state index is 12.7. The molecule has 0 aromatic heterocycles. The van der Waals surface area contributed by atoms with Crippen molar-refractivity contribution >= 4 is 17.9 Å². The van der Waals surface area contributed by atoms with Crippen LogP contribution in [0.5, 0.6) is 0 Å². The molecule has 0 radical (unpaired) electrons. The van der Waals surface area contributed by atoms with Crippen molar-refractivity contribution in [2.24, 2.45) is 0 Å². The van der Waals surface area contributed by atoms with Crippen LogP contribution in [0.25, 0.3) is 0 Å². The molecule has 0 saturated heterocycles. The van der Waals surface area contributed by atoms with Crippen LogP contribution in [0.2, 0.25) is 0 Å². The normalized spacial score (nSPS) is 12.7. The predicted octanol–water partition coefficient (Wildman–Crippen LogP) is 15.5. The second-order valence-electron chi connectivity index (χ2n) is 15.7. The molecule has 0 saturated carbocycles. The average molecular weight is 809 g/mol. The van der Waals surface area contributed by atoms with E-state index >= 15 is 0 Å². The summed E-state index contributed by atoms with van der Waals surface area (Å²) >= 11 is 0. The van der Waals surface area contributed by atoms with Gasteiger partial charge in [-0.05, 0) is 83.5 Å². The van der Waals surface area contributed by atoms with Crippen LogP contribution in [0.3, 0.4) is 0 Å². The van der Waals surface area contributed by atoms with E-state index in [-0.39, 0.29) is 31.1 Å². The van der Waals surface area contributed by atoms with Gasteiger partial charge in [0.1, 0.15) is 13.2 Å². The Morgan fingerprint density at radius 3 is 1.21 bits per heavy atom. The summed E-state index contributed by atoms with van der Waals surface area (Å²) in [7, 11) is 0. The van der Waals surface area contributed by atoms with Crippen LogP contribution in [0.15, 0.2) is 72.9 Å². The van der Waals surface area contributed by atoms with Gasteiger partial charge in [-0.15, -0.1) is 0 Å². The molecule has 6 nitrogen and oxygen atoms in total. The molecule has 1 atom stereocenters. The number of allylic oxidation sites excluding steroid dienone is 12. The standard InChI is InChI=1S/C52H88O6/c1-4-7-10-13-16-19-21-23-25-27-28-30-33-36-39-42-45-51(54)57-48-49(47-56-50(53)44-41-38-35-32-18-15-12-9-6-3)58-52(55)46-43-40-37-34-31-29-26-24-22-20-17-14-11-8-5-2/h8,11,14,17,20,22,25,27-28,30,32,35,49H,4-7,9-10,12-13,15-16,18-19,21,23-24,26,29,31,33-34,36-48H2,1-3H3/b11-8-,17-14-,22-20-,27-25-,30-28-,35-32-. The van der Waals surface area contributed by atoms with Crippen LogP contribution >= 0.6 is 0 Å². The second-order valence-corrected chi connectivity index (χ2v) is 15.7. The third-order valence-electron chi connectivity index (χ3n) is 10.0. The summed E-state index contributed by atoms with van der Waals surface area (Å²) < 4.78 is 16.7. The quantitative estimate of drug-likeness (QED) is 0.0201. The van der Waals surface area contributed by atoms with Crippen molar-refractivity contribution < 1.29 is 28.6 Å². The number of rotatable bonds is 42. The predicted molar refractivity (Wildman–Crippen MR) is 247 cm³/mol. The first kappa shape index (κ1) is 54.9. The van der Waals surface area contributed by atoms with Gasteiger partial charge in [0.05, 0.1) is 0 Å². The molecule has 0 aliphatic carbocycles. The number of carbonyl (C=O) groups is 3. The van der Waals surface area contributed by atoms with Gasteiger partial charge >= 0.3 is 17.9 Å². The Morgan fingerprint density at radius 1 is 0.362 bits per heavy atom. The third kappa shape index (κ3) is 44.0. The molecule has 0 aliphatic heterocycles. The lowest BCUT2D eigenvalue weighted by Gasteiger charge is -2.18. The van der Waals surface area contributed by atoms with E-state index in [0.717, 1.165) is 83.5 Å². The van der Waals surface area contributed by atoms with Crippen molar-refractivity contribution in [2.45, 2.75) is 226 Å². The molecule has 0 aromatic rings. The van der Waals surface area contributed by atoms with Crippen LogP contribution in [0.1, 0.15) is 220 Å². The third-order valence-corrected chi connectivity index (χ3v) is 10.0. The van der Waals surface area contributed by atoms with Gasteiger partial charge in [0.25, 0.3) is 0 Å². The van der Waals surface area contributed by atoms with E-state index in [4.69, 9.17) is 14.2 Å². The van der Waals surface area contributed by atoms with E-state index < -0.39 is 6.10 Å². The molecule has 332 valence electrons. The van der Waals surface area contributed by atoms with Crippen LogP contribution in [0, 0.1) is 0 Å². The first-order chi connectivity index (χ1) is 28.5. The molecule has 0 fully saturated rings. The smallest absolute Gasteiger partial charge is 0.306 e. The van der Waals surface area contributed by atoms with Crippen molar-refractivity contribution in [1.82, 2.24) is 0 Å². The van der Waals surface area contributed by atoms with Gasteiger partial charge < -0.3 is 14.2 Å². The van der Waals surface area contributed by atoms with E-state index in [1.165, 1.54) is 89.9 Å². The lowest BCUT2D eigenvalue weighted by molar-refractivity contribution is -0.167. The van der Waals surface area contributed by atoms with Crippen molar-refractivity contribution in [3.63, 3.8) is 0 Å². The number of carbonyl (C=O) groups excluding carboxylic acids is 3. The Balaban J connectivity index is 4.43. The highest BCUT2D eigenvalue weighted by Crippen LogP contribution is 2.13. The maximum Gasteiger partial charge on any atom is 0.306 e. The van der Waals surface area contributed by atoms with E-state index in [0.29, 0.717) is 25.7 Å². The zero-order valence-electron chi connectivity index (χ0n) is 37.8. The topological polar surface area (TPSA) is 78.9 Å². The van der Waals surface area contributed by atoms with Gasteiger partial charge in [-0.1, -0.05) is 190 Å². The minimum Gasteiger partial charge on any atom is -0.462 e. The number of ether oxygens (including phenoxy) is 3. The van der Waals surface area contributed by atoms with Gasteiger partial charge in [0, 0.05) is 19.3 Å². The maximum absolute atomic E-state index is 12.7. The molecule has 0 N–H and O–H groups in total. The molecule has 0 amide bonds. The Labute approximate surface area is 357 Å². The van der Waals surface area contributed by atoms with Crippen LogP contribution in [-0.4, -0.2) is 37.2 Å². The summed E-state index contributed by atoms with van der Waals surface area (Å²) in [4.78, 5) is 37.7. The summed E-state index contributed by atoms with van der Waals surface area (Å²) in [6, 6.07) is 0. The minimum absolute atomic E-state index is 0.103. The highest BCUT2D eigenvalue weighted by Gasteiger charge is 2.19. The molecule has 0 spiro atoms. The zero-order valence-corrected chi connectivity index (χ0v) is 37.8. The molecule has 6 heteroatoms. The van der Waals surface area contributed by atoms with Crippen LogP contribution in [-0.2, 0) is 28.6 Å². The van der Waals surface area contributed by atoms with Crippen molar-refractivity contribution in [1.29, 1.82) is 0 Å². The number of esters is 3. The van der Waals surface area contributed by atoms with Gasteiger partial charge in [0.2, 0.25) is 0 Å². The van der Waals surface area contributed by atoms with E-state index in [1.54, 1.807) is 0 Å². The molecule has 0 bridgehead atoms. The molecule has 0 heterocycles. The summed E-state index contributed by atoms with van der Waals surface area (Å²) in [5.41, 5.74) is 0. The fourth-order valence-electron chi connectivity index (χ4n) is 6.38. The summed E-state index contributed by atoms with van der Waals surface area (Å²) in [5.74, 6) is -0.979. The van der Waals surface area contributed by atoms with Crippen LogP contribution in [0.4, 0.5) is 0 Å². The van der Waals surface area contributed by atoms with E-state index in [2.05, 4.69) is 93.7 Å². The number of hydrogen-bond acceptors (Lipinski definition) is 6. The van der Waals surface area contributed by atoms with Gasteiger partial charge in [0.15, 0.2) is 6.10 Å². The van der Waals surface area contributed by atoms with Gasteiger partial charge in [-0.2, -0.15) is 0 Å². The molecular weight excluding hydrogens is 721 g/mol. The SMILES string of the molecule is CC\C=C/C=C\C=C/CCCCCCCCCC(=O)OC(COC(=O)CCC/C=C\CCCCCC)COC(=O)CCCCC/C=C\C=C/CCCCCCCCC. The Bertz CT molecular complexity index is 1110. The summed E-state index contributed by atoms with van der Waals surface area (Å²) in [6.45, 7) is 6.40. The Kier molecular flexibility index (Phi) is 44.0. The lowest BCUT2D eigenvalue weighted by atomic mass is 10.1. The van der Waals surface area contributed by atoms with Crippen molar-refractivity contribution in [3.05, 3.63) is 72.9 Å². The largest absolute Gasteiger partial charge is 0.462 e. The molecule has 1 unspecified atom stereocenters. The summed E-state index contributed by atoms with van der Waals surface area (Å²) in [5, 5.41) is 0. The van der Waals surface area contributed by atoms with Crippen molar-refractivity contribution in [2.75, 3.05) is 13.2 Å². The lowest BCUT2D eigenvalue weighted by Crippen LogP contribution is -2.30. The molecular formula is C52H88O6. The average Bonchev–Trinajstić information content (AvgIpc) is 3.22. The molecule has 0 aliphatic rings. The zero-order chi connectivity index (χ0) is 42.3. The van der Waals surface area contributed by atoms with Crippen LogP contribution < -0.4 is 0 Å². The van der Waals surface area contributed by atoms with E-state index in [1.807, 2.05) is 0 Å². The first-order valence-electron chi connectivity index (χ1n) is 24.0. The Hall–Kier alpha value is -3.15. The molecule has 0 rings (SSSR count). The van der Waals surface area contributed by atoms with E-state index in [9.17, 15) is 14.4 Å². The highest BCUT2D eigenvalue weighted by molar-refractivity contribution is 5.71. The minimum atomic E-state index is -0.801. The first-order valence-corrected chi connectivity index (χ1v) is 24.0. The monoisotopic (exact) mass is 809 g/mol. The fraction of sp³-hybridized carbons (Fsp3) is 0.712. The van der Waals surface area contributed by atoms with Gasteiger partial charge in [-0.25, -0.2) is 0 Å². The molecule has 0 aromatic carbocycles.